The molecule has 3 heteroatoms. The second-order valence-corrected chi connectivity index (χ2v) is 3.91. The van der Waals surface area contributed by atoms with Crippen LogP contribution in [0.25, 0.3) is 0 Å². The van der Waals surface area contributed by atoms with E-state index in [0.29, 0.717) is 17.4 Å². The van der Waals surface area contributed by atoms with Crippen LogP contribution in [0.2, 0.25) is 0 Å². The Morgan fingerprint density at radius 1 is 1.50 bits per heavy atom. The molecule has 0 saturated carbocycles. The number of terminal acetylenes is 1. The van der Waals surface area contributed by atoms with Crippen molar-refractivity contribution in [3.63, 3.8) is 0 Å². The number of halogens is 1. The Morgan fingerprint density at radius 2 is 2.25 bits per heavy atom. The Morgan fingerprint density at radius 3 is 2.88 bits per heavy atom. The lowest BCUT2D eigenvalue weighted by atomic mass is 10.2. The second-order valence-electron chi connectivity index (χ2n) is 3.91. The van der Waals surface area contributed by atoms with Crippen molar-refractivity contribution in [2.75, 3.05) is 18.5 Å². The highest BCUT2D eigenvalue weighted by atomic mass is 19.1. The average Bonchev–Trinajstić information content (AvgIpc) is 2.25. The third-order valence-corrected chi connectivity index (χ3v) is 1.95. The second kappa shape index (κ2) is 6.02. The van der Waals surface area contributed by atoms with E-state index in [1.807, 2.05) is 0 Å². The van der Waals surface area contributed by atoms with Crippen molar-refractivity contribution in [2.45, 2.75) is 13.8 Å². The number of benzene rings is 1. The molecule has 2 nitrogen and oxygen atoms in total. The van der Waals surface area contributed by atoms with Gasteiger partial charge in [0, 0.05) is 12.6 Å². The first-order valence-electron chi connectivity index (χ1n) is 5.23. The van der Waals surface area contributed by atoms with Crippen molar-refractivity contribution in [3.8, 4) is 18.1 Å². The van der Waals surface area contributed by atoms with Gasteiger partial charge in [-0.3, -0.25) is 0 Å². The summed E-state index contributed by atoms with van der Waals surface area (Å²) in [7, 11) is 0. The summed E-state index contributed by atoms with van der Waals surface area (Å²) in [6.07, 6.45) is 5.11. The predicted octanol–water partition coefficient (Wildman–Crippen LogP) is 2.91. The fraction of sp³-hybridized carbons (Fsp3) is 0.385. The van der Waals surface area contributed by atoms with Gasteiger partial charge in [0.25, 0.3) is 0 Å². The summed E-state index contributed by atoms with van der Waals surface area (Å²) in [5.41, 5.74) is 0.643. The first-order chi connectivity index (χ1) is 7.63. The number of anilines is 1. The van der Waals surface area contributed by atoms with Crippen molar-refractivity contribution in [3.05, 3.63) is 24.0 Å². The highest BCUT2D eigenvalue weighted by Crippen LogP contribution is 2.25. The van der Waals surface area contributed by atoms with Crippen molar-refractivity contribution in [2.24, 2.45) is 5.92 Å². The molecule has 0 atom stereocenters. The number of ether oxygens (including phenoxy) is 1. The lowest BCUT2D eigenvalue weighted by Gasteiger charge is -2.13. The van der Waals surface area contributed by atoms with Gasteiger partial charge in [-0.15, -0.1) is 6.42 Å². The molecule has 16 heavy (non-hydrogen) atoms. The Balaban J connectivity index is 2.77. The van der Waals surface area contributed by atoms with Gasteiger partial charge in [-0.2, -0.15) is 0 Å². The molecule has 0 bridgehead atoms. The van der Waals surface area contributed by atoms with E-state index in [9.17, 15) is 4.39 Å². The van der Waals surface area contributed by atoms with Gasteiger partial charge in [-0.1, -0.05) is 19.8 Å². The molecule has 0 amide bonds. The van der Waals surface area contributed by atoms with Gasteiger partial charge in [0.15, 0.2) is 0 Å². The Hall–Kier alpha value is -1.69. The SMILES string of the molecule is C#CCOc1ccc(F)cc1NCC(C)C. The third-order valence-electron chi connectivity index (χ3n) is 1.95. The molecule has 0 radical (unpaired) electrons. The van der Waals surface area contributed by atoms with Gasteiger partial charge in [0.05, 0.1) is 5.69 Å². The van der Waals surface area contributed by atoms with Crippen LogP contribution < -0.4 is 10.1 Å². The molecule has 86 valence electrons. The van der Waals surface area contributed by atoms with Crippen LogP contribution in [-0.4, -0.2) is 13.2 Å². The first-order valence-corrected chi connectivity index (χ1v) is 5.23. The molecule has 0 aromatic heterocycles. The summed E-state index contributed by atoms with van der Waals surface area (Å²) in [6, 6.07) is 4.34. The number of hydrogen-bond acceptors (Lipinski definition) is 2. The van der Waals surface area contributed by atoms with Crippen LogP contribution in [0, 0.1) is 24.1 Å². The Labute approximate surface area is 95.8 Å². The normalized spacial score (nSPS) is 9.94. The van der Waals surface area contributed by atoms with E-state index in [-0.39, 0.29) is 12.4 Å². The summed E-state index contributed by atoms with van der Waals surface area (Å²) in [5.74, 6) is 3.15. The van der Waals surface area contributed by atoms with Crippen LogP contribution in [0.1, 0.15) is 13.8 Å². The maximum Gasteiger partial charge on any atom is 0.148 e. The topological polar surface area (TPSA) is 21.3 Å². The van der Waals surface area contributed by atoms with Gasteiger partial charge < -0.3 is 10.1 Å². The molecule has 1 aromatic rings. The summed E-state index contributed by atoms with van der Waals surface area (Å²) < 4.78 is 18.4. The summed E-state index contributed by atoms with van der Waals surface area (Å²) in [4.78, 5) is 0. The molecule has 0 unspecified atom stereocenters. The molecule has 1 N–H and O–H groups in total. The van der Waals surface area contributed by atoms with E-state index in [1.54, 1.807) is 6.07 Å². The molecular weight excluding hydrogens is 205 g/mol. The molecule has 0 heterocycles. The van der Waals surface area contributed by atoms with Crippen LogP contribution in [-0.2, 0) is 0 Å². The van der Waals surface area contributed by atoms with Crippen LogP contribution in [0.4, 0.5) is 10.1 Å². The van der Waals surface area contributed by atoms with Crippen LogP contribution in [0.15, 0.2) is 18.2 Å². The van der Waals surface area contributed by atoms with E-state index in [4.69, 9.17) is 11.2 Å². The van der Waals surface area contributed by atoms with Gasteiger partial charge in [0.1, 0.15) is 18.2 Å². The quantitative estimate of drug-likeness (QED) is 0.772. The van der Waals surface area contributed by atoms with Crippen LogP contribution in [0.5, 0.6) is 5.75 Å². The largest absolute Gasteiger partial charge is 0.479 e. The fourth-order valence-electron chi connectivity index (χ4n) is 1.20. The highest BCUT2D eigenvalue weighted by Gasteiger charge is 2.05. The summed E-state index contributed by atoms with van der Waals surface area (Å²) in [6.45, 7) is 5.10. The fourth-order valence-corrected chi connectivity index (χ4v) is 1.20. The van der Waals surface area contributed by atoms with Gasteiger partial charge >= 0.3 is 0 Å². The van der Waals surface area contributed by atoms with E-state index >= 15 is 0 Å². The Bertz CT molecular complexity index is 382. The van der Waals surface area contributed by atoms with E-state index in [0.717, 1.165) is 6.54 Å². The first kappa shape index (κ1) is 12.4. The monoisotopic (exact) mass is 221 g/mol. The molecule has 0 aliphatic heterocycles. The number of hydrogen-bond donors (Lipinski definition) is 1. The van der Waals surface area contributed by atoms with E-state index < -0.39 is 0 Å². The predicted molar refractivity (Wildman–Crippen MR) is 64.1 cm³/mol. The molecule has 0 aliphatic carbocycles. The molecule has 0 fully saturated rings. The molecular formula is C13H16FNO. The number of nitrogens with one attached hydrogen (secondary N) is 1. The maximum atomic E-state index is 13.1. The lowest BCUT2D eigenvalue weighted by Crippen LogP contribution is -2.09. The zero-order chi connectivity index (χ0) is 12.0. The average molecular weight is 221 g/mol. The minimum Gasteiger partial charge on any atom is -0.479 e. The highest BCUT2D eigenvalue weighted by molar-refractivity contribution is 5.56. The summed E-state index contributed by atoms with van der Waals surface area (Å²) >= 11 is 0. The minimum absolute atomic E-state index is 0.183. The number of rotatable bonds is 5. The minimum atomic E-state index is -0.292. The van der Waals surface area contributed by atoms with E-state index in [2.05, 4.69) is 25.1 Å². The van der Waals surface area contributed by atoms with Crippen molar-refractivity contribution < 1.29 is 9.13 Å². The third kappa shape index (κ3) is 3.82. The molecule has 0 aliphatic rings. The maximum absolute atomic E-state index is 13.1. The molecule has 0 saturated heterocycles. The standard InChI is InChI=1S/C13H16FNO/c1-4-7-16-13-6-5-11(14)8-12(13)15-9-10(2)3/h1,5-6,8,10,15H,7,9H2,2-3H3. The summed E-state index contributed by atoms with van der Waals surface area (Å²) in [5, 5.41) is 3.13. The van der Waals surface area contributed by atoms with Crippen molar-refractivity contribution in [1.82, 2.24) is 0 Å². The molecule has 1 rings (SSSR count). The van der Waals surface area contributed by atoms with Gasteiger partial charge in [-0.25, -0.2) is 4.39 Å². The smallest absolute Gasteiger partial charge is 0.148 e. The molecule has 0 spiro atoms. The molecule has 1 aromatic carbocycles. The van der Waals surface area contributed by atoms with Crippen molar-refractivity contribution in [1.29, 1.82) is 0 Å². The van der Waals surface area contributed by atoms with Gasteiger partial charge in [-0.05, 0) is 18.1 Å². The van der Waals surface area contributed by atoms with Crippen molar-refractivity contribution >= 4 is 5.69 Å². The van der Waals surface area contributed by atoms with Crippen LogP contribution in [0.3, 0.4) is 0 Å². The Kier molecular flexibility index (Phi) is 4.65. The van der Waals surface area contributed by atoms with E-state index in [1.165, 1.54) is 12.1 Å². The lowest BCUT2D eigenvalue weighted by molar-refractivity contribution is 0.371. The zero-order valence-electron chi connectivity index (χ0n) is 9.59. The van der Waals surface area contributed by atoms with Gasteiger partial charge in [0.2, 0.25) is 0 Å². The van der Waals surface area contributed by atoms with Crippen LogP contribution >= 0.6 is 0 Å². The zero-order valence-corrected chi connectivity index (χ0v) is 9.59.